The zero-order chi connectivity index (χ0) is 11.1. The van der Waals surface area contributed by atoms with Crippen LogP contribution in [0.25, 0.3) is 22.1 Å². The fourth-order valence-electron chi connectivity index (χ4n) is 1.86. The van der Waals surface area contributed by atoms with E-state index in [1.165, 1.54) is 0 Å². The second kappa shape index (κ2) is 3.11. The molecule has 0 radical (unpaired) electrons. The summed E-state index contributed by atoms with van der Waals surface area (Å²) in [6, 6.07) is 7.18. The van der Waals surface area contributed by atoms with Crippen LogP contribution in [0.5, 0.6) is 0 Å². The summed E-state index contributed by atoms with van der Waals surface area (Å²) in [5.74, 6) is 4.76. The van der Waals surface area contributed by atoms with Crippen molar-refractivity contribution in [3.05, 3.63) is 36.0 Å². The third-order valence-corrected chi connectivity index (χ3v) is 2.58. The number of fused-ring (bicyclic) bond motifs is 3. The Morgan fingerprint density at radius 2 is 2.25 bits per heavy atom. The molecule has 1 amide bonds. The van der Waals surface area contributed by atoms with Crippen LogP contribution in [0.2, 0.25) is 0 Å². The van der Waals surface area contributed by atoms with Gasteiger partial charge >= 0.3 is 0 Å². The number of carbonyl (C=O) groups is 1. The highest BCUT2D eigenvalue weighted by Crippen LogP contribution is 2.29. The zero-order valence-corrected chi connectivity index (χ0v) is 8.28. The van der Waals surface area contributed by atoms with Crippen LogP contribution in [-0.4, -0.2) is 10.9 Å². The van der Waals surface area contributed by atoms with E-state index >= 15 is 0 Å². The Morgan fingerprint density at radius 3 is 3.06 bits per heavy atom. The van der Waals surface area contributed by atoms with Crippen LogP contribution in [-0.2, 0) is 0 Å². The fourth-order valence-corrected chi connectivity index (χ4v) is 1.86. The Morgan fingerprint density at radius 1 is 1.38 bits per heavy atom. The van der Waals surface area contributed by atoms with Gasteiger partial charge in [-0.05, 0) is 18.2 Å². The van der Waals surface area contributed by atoms with E-state index in [4.69, 9.17) is 10.3 Å². The number of benzene rings is 1. The molecule has 1 aromatic carbocycles. The van der Waals surface area contributed by atoms with Crippen molar-refractivity contribution in [3.8, 4) is 0 Å². The Bertz CT molecular complexity index is 681. The molecule has 0 aliphatic heterocycles. The van der Waals surface area contributed by atoms with Crippen molar-refractivity contribution in [3.63, 3.8) is 0 Å². The molecule has 0 atom stereocenters. The molecule has 0 saturated heterocycles. The molecule has 5 heteroatoms. The van der Waals surface area contributed by atoms with E-state index < -0.39 is 0 Å². The van der Waals surface area contributed by atoms with Gasteiger partial charge in [-0.2, -0.15) is 0 Å². The molecule has 3 rings (SSSR count). The topological polar surface area (TPSA) is 84.0 Å². The van der Waals surface area contributed by atoms with Crippen LogP contribution in [0, 0.1) is 0 Å². The molecule has 16 heavy (non-hydrogen) atoms. The van der Waals surface area contributed by atoms with Crippen LogP contribution in [0.15, 0.2) is 34.9 Å². The van der Waals surface area contributed by atoms with Crippen molar-refractivity contribution < 1.29 is 9.21 Å². The highest BCUT2D eigenvalue weighted by molar-refractivity contribution is 6.11. The van der Waals surface area contributed by atoms with Gasteiger partial charge in [0.15, 0.2) is 5.58 Å². The smallest absolute Gasteiger partial charge is 0.268 e. The first-order chi connectivity index (χ1) is 7.81. The molecule has 0 aliphatic rings. The van der Waals surface area contributed by atoms with Crippen molar-refractivity contribution in [1.29, 1.82) is 0 Å². The molecule has 0 fully saturated rings. The summed E-state index contributed by atoms with van der Waals surface area (Å²) >= 11 is 0. The van der Waals surface area contributed by atoms with E-state index in [-0.39, 0.29) is 5.91 Å². The van der Waals surface area contributed by atoms with Gasteiger partial charge in [0.05, 0.1) is 11.1 Å². The number of aromatic nitrogens is 1. The number of rotatable bonds is 1. The molecule has 5 nitrogen and oxygen atoms in total. The molecular weight excluding hydrogens is 206 g/mol. The van der Waals surface area contributed by atoms with Gasteiger partial charge < -0.3 is 9.40 Å². The van der Waals surface area contributed by atoms with Crippen LogP contribution < -0.4 is 11.3 Å². The van der Waals surface area contributed by atoms with Crippen molar-refractivity contribution in [2.75, 3.05) is 0 Å². The van der Waals surface area contributed by atoms with Gasteiger partial charge in [-0.1, -0.05) is 6.07 Å². The first-order valence-electron chi connectivity index (χ1n) is 4.81. The summed E-state index contributed by atoms with van der Waals surface area (Å²) in [7, 11) is 0. The molecule has 0 aliphatic carbocycles. The van der Waals surface area contributed by atoms with E-state index in [0.717, 1.165) is 16.5 Å². The monoisotopic (exact) mass is 215 g/mol. The van der Waals surface area contributed by atoms with Gasteiger partial charge in [0.25, 0.3) is 5.91 Å². The Balaban J connectivity index is 2.42. The summed E-state index contributed by atoms with van der Waals surface area (Å²) in [5.41, 5.74) is 4.70. The molecule has 0 saturated carbocycles. The Hall–Kier alpha value is -2.27. The predicted molar refractivity (Wildman–Crippen MR) is 59.7 cm³/mol. The minimum absolute atomic E-state index is 0.359. The van der Waals surface area contributed by atoms with Gasteiger partial charge in [-0.3, -0.25) is 10.2 Å². The minimum atomic E-state index is -0.359. The van der Waals surface area contributed by atoms with Crippen molar-refractivity contribution in [2.45, 2.75) is 0 Å². The summed E-state index contributed by atoms with van der Waals surface area (Å²) in [5, 5.41) is 0.876. The number of nitrogens with one attached hydrogen (secondary N) is 2. The summed E-state index contributed by atoms with van der Waals surface area (Å²) in [6.45, 7) is 0. The average molecular weight is 215 g/mol. The second-order valence-corrected chi connectivity index (χ2v) is 3.47. The van der Waals surface area contributed by atoms with Crippen LogP contribution in [0.4, 0.5) is 0 Å². The number of hydrogen-bond donors (Lipinski definition) is 3. The quantitative estimate of drug-likeness (QED) is 0.327. The number of nitrogen functional groups attached to an aromatic ring is 1. The SMILES string of the molecule is NNC(=O)c1cccc2c1oc1cc[nH]c12. The number of H-pyrrole nitrogens is 1. The fraction of sp³-hybridized carbons (Fsp3) is 0. The maximum atomic E-state index is 11.5. The third kappa shape index (κ3) is 1.06. The first kappa shape index (κ1) is 8.99. The maximum Gasteiger partial charge on any atom is 0.268 e. The number of carbonyl (C=O) groups excluding carboxylic acids is 1. The molecule has 2 aromatic heterocycles. The number of hydrogen-bond acceptors (Lipinski definition) is 3. The highest BCUT2D eigenvalue weighted by Gasteiger charge is 2.15. The number of nitrogens with two attached hydrogens (primary N) is 1. The van der Waals surface area contributed by atoms with Crippen LogP contribution in [0.1, 0.15) is 10.4 Å². The Labute approximate surface area is 90.2 Å². The van der Waals surface area contributed by atoms with Crippen molar-refractivity contribution in [2.24, 2.45) is 5.84 Å². The normalized spacial score (nSPS) is 11.1. The van der Waals surface area contributed by atoms with Gasteiger partial charge in [0.2, 0.25) is 0 Å². The molecule has 80 valence electrons. The maximum absolute atomic E-state index is 11.5. The van der Waals surface area contributed by atoms with E-state index in [9.17, 15) is 4.79 Å². The molecule has 4 N–H and O–H groups in total. The molecule has 0 spiro atoms. The summed E-state index contributed by atoms with van der Waals surface area (Å²) in [4.78, 5) is 14.6. The van der Waals surface area contributed by atoms with E-state index in [1.807, 2.05) is 12.1 Å². The van der Waals surface area contributed by atoms with E-state index in [0.29, 0.717) is 11.1 Å². The number of aromatic amines is 1. The van der Waals surface area contributed by atoms with Gasteiger partial charge in [0, 0.05) is 11.6 Å². The number of hydrazine groups is 1. The van der Waals surface area contributed by atoms with E-state index in [1.54, 1.807) is 18.3 Å². The third-order valence-electron chi connectivity index (χ3n) is 2.58. The standard InChI is InChI=1S/C11H9N3O2/c12-14-11(15)7-3-1-2-6-9-8(4-5-13-9)16-10(6)7/h1-5,13H,12H2,(H,14,15). The lowest BCUT2D eigenvalue weighted by molar-refractivity contribution is 0.0954. The molecular formula is C11H9N3O2. The predicted octanol–water partition coefficient (Wildman–Crippen LogP) is 1.52. The van der Waals surface area contributed by atoms with E-state index in [2.05, 4.69) is 10.4 Å². The molecule has 2 heterocycles. The lowest BCUT2D eigenvalue weighted by atomic mass is 10.1. The minimum Gasteiger partial charge on any atom is -0.454 e. The van der Waals surface area contributed by atoms with Gasteiger partial charge in [0.1, 0.15) is 5.58 Å². The molecule has 3 aromatic rings. The largest absolute Gasteiger partial charge is 0.454 e. The molecule has 0 unspecified atom stereocenters. The summed E-state index contributed by atoms with van der Waals surface area (Å²) in [6.07, 6.45) is 1.79. The number of para-hydroxylation sites is 1. The number of furan rings is 1. The lowest BCUT2D eigenvalue weighted by Crippen LogP contribution is -2.30. The van der Waals surface area contributed by atoms with Crippen LogP contribution in [0.3, 0.4) is 0 Å². The van der Waals surface area contributed by atoms with Gasteiger partial charge in [-0.25, -0.2) is 5.84 Å². The van der Waals surface area contributed by atoms with Crippen molar-refractivity contribution in [1.82, 2.24) is 10.4 Å². The summed E-state index contributed by atoms with van der Waals surface area (Å²) < 4.78 is 5.60. The highest BCUT2D eigenvalue weighted by atomic mass is 16.3. The molecule has 0 bridgehead atoms. The average Bonchev–Trinajstić information content (AvgIpc) is 2.87. The number of amides is 1. The van der Waals surface area contributed by atoms with Gasteiger partial charge in [-0.15, -0.1) is 0 Å². The lowest BCUT2D eigenvalue weighted by Gasteiger charge is -1.99. The first-order valence-corrected chi connectivity index (χ1v) is 4.81. The van der Waals surface area contributed by atoms with Crippen molar-refractivity contribution >= 4 is 28.0 Å². The zero-order valence-electron chi connectivity index (χ0n) is 8.28. The van der Waals surface area contributed by atoms with Crippen LogP contribution >= 0.6 is 0 Å². The Kier molecular flexibility index (Phi) is 1.75. The second-order valence-electron chi connectivity index (χ2n) is 3.47.